The Bertz CT molecular complexity index is 689. The van der Waals surface area contributed by atoms with Gasteiger partial charge in [-0.1, -0.05) is 22.4 Å². The van der Waals surface area contributed by atoms with Crippen molar-refractivity contribution in [1.82, 2.24) is 5.32 Å². The zero-order chi connectivity index (χ0) is 15.7. The van der Waals surface area contributed by atoms with E-state index in [0.29, 0.717) is 25.9 Å². The Morgan fingerprint density at radius 3 is 2.86 bits per heavy atom. The van der Waals surface area contributed by atoms with Crippen molar-refractivity contribution in [3.05, 3.63) is 28.2 Å². The van der Waals surface area contributed by atoms with Crippen LogP contribution in [0, 0.1) is 0 Å². The van der Waals surface area contributed by atoms with Crippen molar-refractivity contribution < 1.29 is 17.9 Å². The maximum Gasteiger partial charge on any atom is 0.238 e. The molecule has 5 nitrogen and oxygen atoms in total. The Balaban J connectivity index is 1.79. The van der Waals surface area contributed by atoms with Crippen molar-refractivity contribution in [2.75, 3.05) is 12.4 Å². The van der Waals surface area contributed by atoms with E-state index in [1.165, 1.54) is 0 Å². The highest BCUT2D eigenvalue weighted by Gasteiger charge is 2.36. The summed E-state index contributed by atoms with van der Waals surface area (Å²) in [5, 5.41) is 2.01. The minimum absolute atomic E-state index is 0.112. The minimum Gasteiger partial charge on any atom is -0.493 e. The smallest absolute Gasteiger partial charge is 0.238 e. The van der Waals surface area contributed by atoms with E-state index in [2.05, 4.69) is 21.2 Å². The van der Waals surface area contributed by atoms with Crippen molar-refractivity contribution >= 4 is 31.7 Å². The third-order valence-corrected chi connectivity index (χ3v) is 6.87. The molecule has 2 heterocycles. The quantitative estimate of drug-likeness (QED) is 0.844. The maximum absolute atomic E-state index is 12.4. The lowest BCUT2D eigenvalue weighted by Crippen LogP contribution is -2.44. The van der Waals surface area contributed by atoms with E-state index in [1.807, 2.05) is 18.2 Å². The molecule has 120 valence electrons. The lowest BCUT2D eigenvalue weighted by atomic mass is 10.00. The Hall–Kier alpha value is -1.08. The Morgan fingerprint density at radius 1 is 1.27 bits per heavy atom. The average Bonchev–Trinajstić information content (AvgIpc) is 2.47. The summed E-state index contributed by atoms with van der Waals surface area (Å²) in [7, 11) is -3.31. The SMILES string of the molecule is O=C(N[C@H]1CCOc2ccc(Br)cc21)[C@@H]1CCCCS1(=O)=O. The number of carbonyl (C=O) groups is 1. The summed E-state index contributed by atoms with van der Waals surface area (Å²) in [5.41, 5.74) is 0.891. The largest absolute Gasteiger partial charge is 0.493 e. The fourth-order valence-electron chi connectivity index (χ4n) is 3.03. The summed E-state index contributed by atoms with van der Waals surface area (Å²) in [6, 6.07) is 5.45. The van der Waals surface area contributed by atoms with Crippen LogP contribution in [0.4, 0.5) is 0 Å². The summed E-state index contributed by atoms with van der Waals surface area (Å²) in [6.07, 6.45) is 2.50. The van der Waals surface area contributed by atoms with Crippen molar-refractivity contribution in [2.24, 2.45) is 0 Å². The zero-order valence-corrected chi connectivity index (χ0v) is 14.5. The van der Waals surface area contributed by atoms with E-state index in [1.54, 1.807) is 0 Å². The van der Waals surface area contributed by atoms with Crippen LogP contribution in [0.5, 0.6) is 5.75 Å². The fourth-order valence-corrected chi connectivity index (χ4v) is 5.22. The van der Waals surface area contributed by atoms with Crippen molar-refractivity contribution in [3.8, 4) is 5.75 Å². The fraction of sp³-hybridized carbons (Fsp3) is 0.533. The molecule has 22 heavy (non-hydrogen) atoms. The number of halogens is 1. The molecular weight excluding hydrogens is 370 g/mol. The van der Waals surface area contributed by atoms with Gasteiger partial charge in [0.2, 0.25) is 5.91 Å². The van der Waals surface area contributed by atoms with Crippen LogP contribution in [0.2, 0.25) is 0 Å². The van der Waals surface area contributed by atoms with Crippen LogP contribution in [0.3, 0.4) is 0 Å². The number of hydrogen-bond donors (Lipinski definition) is 1. The van der Waals surface area contributed by atoms with Crippen LogP contribution in [-0.2, 0) is 14.6 Å². The number of rotatable bonds is 2. The van der Waals surface area contributed by atoms with Gasteiger partial charge in [0.1, 0.15) is 11.0 Å². The standard InChI is InChI=1S/C15H18BrNO4S/c16-10-4-5-13-11(9-10)12(6-7-21-13)17-15(18)14-3-1-2-8-22(14,19)20/h4-5,9,12,14H,1-3,6-8H2,(H,17,18)/t12-,14-/m0/s1. The second-order valence-corrected chi connectivity index (χ2v) is 8.95. The Kier molecular flexibility index (Phi) is 4.45. The number of hydrogen-bond acceptors (Lipinski definition) is 4. The summed E-state index contributed by atoms with van der Waals surface area (Å²) >= 11 is 3.41. The first kappa shape index (κ1) is 15.8. The van der Waals surface area contributed by atoms with Crippen LogP contribution in [0.25, 0.3) is 0 Å². The first-order chi connectivity index (χ1) is 10.5. The molecule has 3 rings (SSSR count). The van der Waals surface area contributed by atoms with E-state index in [-0.39, 0.29) is 17.7 Å². The number of fused-ring (bicyclic) bond motifs is 1. The van der Waals surface area contributed by atoms with Gasteiger partial charge in [-0.2, -0.15) is 0 Å². The molecule has 0 aromatic heterocycles. The van der Waals surface area contributed by atoms with E-state index in [0.717, 1.165) is 22.2 Å². The van der Waals surface area contributed by atoms with Gasteiger partial charge in [-0.25, -0.2) is 8.42 Å². The van der Waals surface area contributed by atoms with Gasteiger partial charge in [-0.3, -0.25) is 4.79 Å². The highest BCUT2D eigenvalue weighted by molar-refractivity contribution is 9.10. The summed E-state index contributed by atoms with van der Waals surface area (Å²) < 4.78 is 30.6. The van der Waals surface area contributed by atoms with Crippen LogP contribution in [0.1, 0.15) is 37.3 Å². The molecule has 2 atom stereocenters. The molecule has 2 aliphatic rings. The Labute approximate surface area is 138 Å². The van der Waals surface area contributed by atoms with Crippen LogP contribution < -0.4 is 10.1 Å². The third kappa shape index (κ3) is 3.15. The predicted molar refractivity (Wildman–Crippen MR) is 86.6 cm³/mol. The van der Waals surface area contributed by atoms with Crippen molar-refractivity contribution in [1.29, 1.82) is 0 Å². The lowest BCUT2D eigenvalue weighted by Gasteiger charge is -2.29. The van der Waals surface area contributed by atoms with Crippen LogP contribution in [-0.4, -0.2) is 31.9 Å². The number of amides is 1. The molecule has 1 aromatic carbocycles. The second-order valence-electron chi connectivity index (χ2n) is 5.73. The minimum atomic E-state index is -3.31. The van der Waals surface area contributed by atoms with Gasteiger partial charge < -0.3 is 10.1 Å². The summed E-state index contributed by atoms with van der Waals surface area (Å²) in [5.74, 6) is 0.477. The summed E-state index contributed by atoms with van der Waals surface area (Å²) in [6.45, 7) is 0.511. The zero-order valence-electron chi connectivity index (χ0n) is 12.0. The Morgan fingerprint density at radius 2 is 2.09 bits per heavy atom. The lowest BCUT2D eigenvalue weighted by molar-refractivity contribution is -0.121. The molecule has 0 radical (unpaired) electrons. The first-order valence-electron chi connectivity index (χ1n) is 7.41. The van der Waals surface area contributed by atoms with Crippen molar-refractivity contribution in [3.63, 3.8) is 0 Å². The first-order valence-corrected chi connectivity index (χ1v) is 9.92. The van der Waals surface area contributed by atoms with Gasteiger partial charge in [-0.05, 0) is 31.0 Å². The van der Waals surface area contributed by atoms with Gasteiger partial charge in [0.25, 0.3) is 0 Å². The highest BCUT2D eigenvalue weighted by atomic mass is 79.9. The molecule has 2 aliphatic heterocycles. The number of sulfone groups is 1. The molecule has 1 amide bonds. The van der Waals surface area contributed by atoms with Gasteiger partial charge in [0.05, 0.1) is 18.4 Å². The van der Waals surface area contributed by atoms with Crippen molar-refractivity contribution in [2.45, 2.75) is 37.0 Å². The van der Waals surface area contributed by atoms with Crippen LogP contribution in [0.15, 0.2) is 22.7 Å². The van der Waals surface area contributed by atoms with E-state index in [4.69, 9.17) is 4.74 Å². The average molecular weight is 388 g/mol. The molecule has 7 heteroatoms. The topological polar surface area (TPSA) is 72.5 Å². The normalized spacial score (nSPS) is 26.6. The number of nitrogens with one attached hydrogen (secondary N) is 1. The number of ether oxygens (including phenoxy) is 1. The molecule has 0 saturated carbocycles. The third-order valence-electron chi connectivity index (χ3n) is 4.20. The highest BCUT2D eigenvalue weighted by Crippen LogP contribution is 2.34. The monoisotopic (exact) mass is 387 g/mol. The van der Waals surface area contributed by atoms with Gasteiger partial charge in [0, 0.05) is 16.5 Å². The second kappa shape index (κ2) is 6.20. The van der Waals surface area contributed by atoms with E-state index < -0.39 is 15.1 Å². The predicted octanol–water partition coefficient (Wildman–Crippen LogP) is 2.36. The number of benzene rings is 1. The molecule has 1 aromatic rings. The molecule has 1 saturated heterocycles. The van der Waals surface area contributed by atoms with Crippen LogP contribution >= 0.6 is 15.9 Å². The molecule has 1 fully saturated rings. The molecule has 0 bridgehead atoms. The molecule has 0 aliphatic carbocycles. The van der Waals surface area contributed by atoms with E-state index in [9.17, 15) is 13.2 Å². The number of carbonyl (C=O) groups excluding carboxylic acids is 1. The van der Waals surface area contributed by atoms with E-state index >= 15 is 0 Å². The maximum atomic E-state index is 12.4. The molecule has 1 N–H and O–H groups in total. The summed E-state index contributed by atoms with van der Waals surface area (Å²) in [4.78, 5) is 12.4. The molecule has 0 unspecified atom stereocenters. The molecule has 0 spiro atoms. The van der Waals surface area contributed by atoms with Gasteiger partial charge >= 0.3 is 0 Å². The van der Waals surface area contributed by atoms with Gasteiger partial charge in [0.15, 0.2) is 9.84 Å². The molecular formula is C15H18BrNO4S. The van der Waals surface area contributed by atoms with Gasteiger partial charge in [-0.15, -0.1) is 0 Å².